The van der Waals surface area contributed by atoms with Gasteiger partial charge in [0.2, 0.25) is 0 Å². The normalized spacial score (nSPS) is 12.8. The van der Waals surface area contributed by atoms with Crippen LogP contribution in [0.25, 0.3) is 11.6 Å². The number of allylic oxidation sites excluding steroid dienone is 6. The summed E-state index contributed by atoms with van der Waals surface area (Å²) in [6.45, 7) is 26.2. The van der Waals surface area contributed by atoms with Gasteiger partial charge in [-0.3, -0.25) is 4.52 Å². The average Bonchev–Trinajstić information content (AvgIpc) is 3.08. The first-order valence-corrected chi connectivity index (χ1v) is 20.2. The fourth-order valence-electron chi connectivity index (χ4n) is 4.09. The fourth-order valence-corrected chi connectivity index (χ4v) is 4.45. The van der Waals surface area contributed by atoms with Gasteiger partial charge in [0.1, 0.15) is 17.3 Å². The Labute approximate surface area is 320 Å². The quantitative estimate of drug-likeness (QED) is 0.0635. The van der Waals surface area contributed by atoms with Crippen molar-refractivity contribution in [2.24, 2.45) is 5.73 Å². The Morgan fingerprint density at radius 2 is 1.60 bits per heavy atom. The van der Waals surface area contributed by atoms with Crippen LogP contribution in [-0.2, 0) is 18.6 Å². The maximum Gasteiger partial charge on any atom is 0.513 e. The lowest BCUT2D eigenvalue weighted by molar-refractivity contribution is 0.0718. The zero-order valence-electron chi connectivity index (χ0n) is 34.2. The number of phosphoric ester groups is 1. The van der Waals surface area contributed by atoms with Gasteiger partial charge in [-0.2, -0.15) is 0 Å². The predicted octanol–water partition coefficient (Wildman–Crippen LogP) is 10.7. The number of rotatable bonds is 12. The third kappa shape index (κ3) is 24.3. The van der Waals surface area contributed by atoms with Crippen LogP contribution in [0.15, 0.2) is 84.7 Å². The number of ether oxygens (including phenoxy) is 3. The number of carbonyl (C=O) groups is 1. The molecule has 2 aromatic rings. The number of unbranched alkanes of at least 4 members (excludes halogenated alkanes) is 1. The van der Waals surface area contributed by atoms with Gasteiger partial charge in [0.05, 0.1) is 13.2 Å². The Balaban J connectivity index is 0. The molecule has 1 atom stereocenters. The van der Waals surface area contributed by atoms with Crippen molar-refractivity contribution in [1.29, 1.82) is 0 Å². The zero-order chi connectivity index (χ0) is 40.8. The van der Waals surface area contributed by atoms with E-state index in [1.54, 1.807) is 32.1 Å². The summed E-state index contributed by atoms with van der Waals surface area (Å²) in [6.07, 6.45) is 16.5. The van der Waals surface area contributed by atoms with Crippen molar-refractivity contribution in [2.75, 3.05) is 13.2 Å². The summed E-state index contributed by atoms with van der Waals surface area (Å²) in [5.74, 6) is 2.18. The van der Waals surface area contributed by atoms with E-state index >= 15 is 0 Å². The minimum absolute atomic E-state index is 0.0677. The topological polar surface area (TPSA) is 138 Å². The highest BCUT2D eigenvalue weighted by molar-refractivity contribution is 7.46. The van der Waals surface area contributed by atoms with Crippen LogP contribution in [0.5, 0.6) is 11.5 Å². The van der Waals surface area contributed by atoms with Crippen LogP contribution in [0.3, 0.4) is 0 Å². The number of hydrogen-bond acceptors (Lipinski definition) is 7. The fraction of sp³-hybridized carbons (Fsp3) is 0.465. The molecule has 3 rings (SSSR count). The minimum atomic E-state index is -4.47. The molecule has 0 radical (unpaired) electrons. The van der Waals surface area contributed by atoms with E-state index in [1.165, 1.54) is 35.6 Å². The van der Waals surface area contributed by atoms with Crippen LogP contribution in [-0.4, -0.2) is 35.2 Å². The Kier molecular flexibility index (Phi) is 29.8. The maximum atomic E-state index is 11.2. The summed E-state index contributed by atoms with van der Waals surface area (Å²) in [5, 5.41) is 2.35. The van der Waals surface area contributed by atoms with Crippen LogP contribution in [0, 0.1) is 6.92 Å². The van der Waals surface area contributed by atoms with Crippen molar-refractivity contribution in [2.45, 2.75) is 121 Å². The van der Waals surface area contributed by atoms with E-state index in [0.29, 0.717) is 5.76 Å². The smallest absolute Gasteiger partial charge is 0.456 e. The third-order valence-corrected chi connectivity index (χ3v) is 6.67. The molecule has 1 unspecified atom stereocenters. The number of hydrogen-bond donors (Lipinski definition) is 3. The number of nitrogens with two attached hydrogens (primary N) is 1. The molecule has 0 aromatic heterocycles. The Morgan fingerprint density at radius 3 is 2.13 bits per heavy atom. The van der Waals surface area contributed by atoms with Crippen molar-refractivity contribution in [1.82, 2.24) is 0 Å². The second-order valence-corrected chi connectivity index (χ2v) is 13.4. The Bertz CT molecular complexity index is 1600. The lowest BCUT2D eigenvalue weighted by Gasteiger charge is -2.22. The van der Waals surface area contributed by atoms with Crippen LogP contribution in [0.2, 0.25) is 0 Å². The molecule has 298 valence electrons. The summed E-state index contributed by atoms with van der Waals surface area (Å²) in [7, 11) is -4.47. The van der Waals surface area contributed by atoms with Gasteiger partial charge in [0.25, 0.3) is 0 Å². The molecule has 0 spiro atoms. The van der Waals surface area contributed by atoms with Gasteiger partial charge in [-0.1, -0.05) is 135 Å². The monoisotopic (exact) mass is 757 g/mol. The molecule has 0 aliphatic carbocycles. The molecule has 1 aliphatic heterocycles. The molecule has 10 heteroatoms. The first-order chi connectivity index (χ1) is 25.1. The zero-order valence-corrected chi connectivity index (χ0v) is 35.1. The van der Waals surface area contributed by atoms with Gasteiger partial charge in [0, 0.05) is 28.8 Å². The second-order valence-electron chi connectivity index (χ2n) is 12.2. The first-order valence-electron chi connectivity index (χ1n) is 18.7. The van der Waals surface area contributed by atoms with Gasteiger partial charge in [-0.25, -0.2) is 9.36 Å². The number of phosphoric acid groups is 1. The van der Waals surface area contributed by atoms with Gasteiger partial charge >= 0.3 is 14.0 Å². The van der Waals surface area contributed by atoms with Gasteiger partial charge < -0.3 is 29.7 Å². The highest BCUT2D eigenvalue weighted by Crippen LogP contribution is 2.37. The van der Waals surface area contributed by atoms with E-state index in [9.17, 15) is 9.36 Å². The SMILES string of the molecule is C/C(=C\C=C/C(C)N)OC(=O)OCCCOP(=O)(O)O.C=C/C(=C\C)C1=c2cc/c(=C/CCC)cc2Oc2cc(C)ccc21.CCC.CCC.CCC. The van der Waals surface area contributed by atoms with Crippen molar-refractivity contribution in [3.05, 3.63) is 106 Å². The molecule has 0 saturated carbocycles. The van der Waals surface area contributed by atoms with Crippen LogP contribution < -0.4 is 20.9 Å². The lowest BCUT2D eigenvalue weighted by Crippen LogP contribution is -2.20. The standard InChI is InChI=1S/C23H24O.C11H20NO7P.3C3H8/c1-5-8-9-17-11-13-20-22(15-17)24-21-14-16(4)10-12-19(21)23(20)18(6-2)7-3;1-9(12)5-3-6-10(2)19-11(13)17-7-4-8-18-20(14,15)16;3*1-3-2/h6-7,9-15H,2,5,8H2,1,3-4H3;3,5-6,9H,4,7-8,12H2,1-2H3,(H2,14,15,16);3*3H2,1-2H3/b17-9-,18-7+;5-3-,10-6+;;;. The molecule has 0 amide bonds. The Morgan fingerprint density at radius 1 is 0.981 bits per heavy atom. The molecular weight excluding hydrogens is 689 g/mol. The molecule has 9 nitrogen and oxygen atoms in total. The van der Waals surface area contributed by atoms with E-state index < -0.39 is 14.0 Å². The van der Waals surface area contributed by atoms with E-state index in [2.05, 4.69) is 127 Å². The Hall–Kier alpha value is -3.72. The van der Waals surface area contributed by atoms with Crippen LogP contribution in [0.1, 0.15) is 119 Å². The predicted molar refractivity (Wildman–Crippen MR) is 222 cm³/mol. The lowest BCUT2D eigenvalue weighted by atomic mass is 9.91. The van der Waals surface area contributed by atoms with Crippen LogP contribution in [0.4, 0.5) is 4.79 Å². The van der Waals surface area contributed by atoms with Gasteiger partial charge in [-0.05, 0) is 68.7 Å². The minimum Gasteiger partial charge on any atom is -0.456 e. The average molecular weight is 758 g/mol. The van der Waals surface area contributed by atoms with E-state index in [-0.39, 0.29) is 25.7 Å². The second kappa shape index (κ2) is 30.7. The molecule has 53 heavy (non-hydrogen) atoms. The summed E-state index contributed by atoms with van der Waals surface area (Å²) >= 11 is 0. The largest absolute Gasteiger partial charge is 0.513 e. The number of aryl methyl sites for hydroxylation is 1. The highest BCUT2D eigenvalue weighted by Gasteiger charge is 2.20. The molecule has 1 aliphatic rings. The van der Waals surface area contributed by atoms with Crippen molar-refractivity contribution in [3.63, 3.8) is 0 Å². The van der Waals surface area contributed by atoms with Crippen LogP contribution >= 0.6 is 7.82 Å². The van der Waals surface area contributed by atoms with E-state index in [4.69, 9.17) is 25.0 Å². The maximum absolute atomic E-state index is 11.2. The molecule has 0 bridgehead atoms. The van der Waals surface area contributed by atoms with Crippen molar-refractivity contribution in [3.8, 4) is 11.5 Å². The summed E-state index contributed by atoms with van der Waals surface area (Å²) in [4.78, 5) is 28.0. The van der Waals surface area contributed by atoms with E-state index in [0.717, 1.165) is 40.7 Å². The molecule has 2 aromatic carbocycles. The molecule has 0 saturated heterocycles. The third-order valence-electron chi connectivity index (χ3n) is 6.15. The molecule has 1 heterocycles. The molecular formula is C43H68NO8P. The van der Waals surface area contributed by atoms with Crippen molar-refractivity contribution >= 4 is 25.6 Å². The summed E-state index contributed by atoms with van der Waals surface area (Å²) in [5.41, 5.74) is 10.2. The number of fused-ring (bicyclic) bond motifs is 2. The first kappa shape index (κ1) is 51.4. The number of benzene rings is 2. The summed E-state index contributed by atoms with van der Waals surface area (Å²) in [6, 6.07) is 12.8. The number of carbonyl (C=O) groups excluding carboxylic acids is 1. The van der Waals surface area contributed by atoms with Gasteiger partial charge in [0.15, 0.2) is 0 Å². The molecule has 4 N–H and O–H groups in total. The van der Waals surface area contributed by atoms with E-state index in [1.807, 2.05) is 6.08 Å². The van der Waals surface area contributed by atoms with Gasteiger partial charge in [-0.15, -0.1) is 0 Å². The summed E-state index contributed by atoms with van der Waals surface area (Å²) < 4.78 is 30.2. The van der Waals surface area contributed by atoms with Crippen molar-refractivity contribution < 1.29 is 37.9 Å². The molecule has 0 fully saturated rings. The highest BCUT2D eigenvalue weighted by atomic mass is 31.2.